The van der Waals surface area contributed by atoms with Gasteiger partial charge in [-0.2, -0.15) is 0 Å². The lowest BCUT2D eigenvalue weighted by molar-refractivity contribution is -0.126. The minimum absolute atomic E-state index is 0.0130. The van der Waals surface area contributed by atoms with E-state index in [4.69, 9.17) is 16.3 Å². The molecule has 31 heavy (non-hydrogen) atoms. The highest BCUT2D eigenvalue weighted by atomic mass is 35.5. The molecule has 2 aromatic rings. The quantitative estimate of drug-likeness (QED) is 0.579. The average Bonchev–Trinajstić information content (AvgIpc) is 3.27. The molecule has 166 valence electrons. The van der Waals surface area contributed by atoms with E-state index in [-0.39, 0.29) is 27.7 Å². The fraction of sp³-hybridized carbons (Fsp3) is 0.450. The van der Waals surface area contributed by atoms with Crippen molar-refractivity contribution in [2.75, 3.05) is 38.7 Å². The van der Waals surface area contributed by atoms with Gasteiger partial charge in [-0.25, -0.2) is 0 Å². The fourth-order valence-corrected chi connectivity index (χ4v) is 4.10. The minimum atomic E-state index is -0.456. The summed E-state index contributed by atoms with van der Waals surface area (Å²) >= 11 is 6.86. The van der Waals surface area contributed by atoms with Crippen molar-refractivity contribution in [1.29, 1.82) is 0 Å². The number of carbonyl (C=O) groups excluding carboxylic acids is 3. The number of benzene rings is 1. The van der Waals surface area contributed by atoms with Crippen molar-refractivity contribution in [1.82, 2.24) is 20.4 Å². The van der Waals surface area contributed by atoms with Crippen LogP contribution in [0.4, 0.5) is 5.69 Å². The molecule has 0 bridgehead atoms. The van der Waals surface area contributed by atoms with Gasteiger partial charge in [-0.1, -0.05) is 29.0 Å². The van der Waals surface area contributed by atoms with E-state index < -0.39 is 5.91 Å². The zero-order valence-corrected chi connectivity index (χ0v) is 18.7. The molecule has 0 unspecified atom stereocenters. The van der Waals surface area contributed by atoms with Crippen molar-refractivity contribution in [2.24, 2.45) is 5.92 Å². The molecule has 1 saturated heterocycles. The van der Waals surface area contributed by atoms with Gasteiger partial charge >= 0.3 is 0 Å². The molecule has 11 heteroatoms. The molecule has 1 fully saturated rings. The first-order valence-corrected chi connectivity index (χ1v) is 11.1. The number of halogens is 1. The highest BCUT2D eigenvalue weighted by Gasteiger charge is 2.29. The predicted octanol–water partition coefficient (Wildman–Crippen LogP) is 2.45. The Morgan fingerprint density at radius 1 is 1.23 bits per heavy atom. The summed E-state index contributed by atoms with van der Waals surface area (Å²) in [6.45, 7) is 2.10. The Kier molecular flexibility index (Phi) is 8.33. The monoisotopic (exact) mass is 465 g/mol. The zero-order chi connectivity index (χ0) is 22.2. The third-order valence-corrected chi connectivity index (χ3v) is 6.01. The van der Waals surface area contributed by atoms with Crippen molar-refractivity contribution in [3.05, 3.63) is 39.3 Å². The Hall–Kier alpha value is -2.56. The lowest BCUT2D eigenvalue weighted by Gasteiger charge is -2.30. The van der Waals surface area contributed by atoms with Gasteiger partial charge in [0.25, 0.3) is 11.8 Å². The Balaban J connectivity index is 1.50. The third-order valence-electron chi connectivity index (χ3n) is 4.86. The molecular weight excluding hydrogens is 442 g/mol. The van der Waals surface area contributed by atoms with Crippen LogP contribution in [0.15, 0.2) is 24.3 Å². The number of aromatic nitrogens is 2. The van der Waals surface area contributed by atoms with E-state index in [1.54, 1.807) is 36.3 Å². The van der Waals surface area contributed by atoms with Gasteiger partial charge in [0.2, 0.25) is 15.9 Å². The van der Waals surface area contributed by atoms with E-state index in [1.807, 2.05) is 0 Å². The van der Waals surface area contributed by atoms with Crippen molar-refractivity contribution < 1.29 is 19.1 Å². The zero-order valence-electron chi connectivity index (χ0n) is 17.1. The van der Waals surface area contributed by atoms with Gasteiger partial charge in [0.1, 0.15) is 0 Å². The fourth-order valence-electron chi connectivity index (χ4n) is 3.20. The maximum atomic E-state index is 12.7. The summed E-state index contributed by atoms with van der Waals surface area (Å²) in [5.74, 6) is -0.833. The van der Waals surface area contributed by atoms with Crippen LogP contribution in [-0.2, 0) is 9.53 Å². The Bertz CT molecular complexity index is 930. The molecule has 1 aliphatic heterocycles. The lowest BCUT2D eigenvalue weighted by atomic mass is 9.96. The van der Waals surface area contributed by atoms with Crippen molar-refractivity contribution in [3.63, 3.8) is 0 Å². The van der Waals surface area contributed by atoms with E-state index in [1.165, 1.54) is 0 Å². The van der Waals surface area contributed by atoms with Crippen LogP contribution in [0.2, 0.25) is 5.02 Å². The molecule has 0 saturated carbocycles. The molecule has 2 heterocycles. The summed E-state index contributed by atoms with van der Waals surface area (Å²) in [5, 5.41) is 14.1. The molecular formula is C20H24ClN5O4S. The molecule has 2 N–H and O–H groups in total. The number of methoxy groups -OCH3 is 1. The molecule has 3 rings (SSSR count). The van der Waals surface area contributed by atoms with Gasteiger partial charge < -0.3 is 20.3 Å². The number of piperidine rings is 1. The first-order chi connectivity index (χ1) is 15.0. The van der Waals surface area contributed by atoms with Crippen LogP contribution < -0.4 is 10.6 Å². The highest BCUT2D eigenvalue weighted by Crippen LogP contribution is 2.21. The van der Waals surface area contributed by atoms with Gasteiger partial charge in [-0.05, 0) is 37.5 Å². The summed E-state index contributed by atoms with van der Waals surface area (Å²) < 4.78 is 4.97. The van der Waals surface area contributed by atoms with Gasteiger partial charge in [0.15, 0.2) is 0 Å². The van der Waals surface area contributed by atoms with Crippen LogP contribution in [0.1, 0.15) is 38.9 Å². The van der Waals surface area contributed by atoms with E-state index in [0.717, 1.165) is 17.8 Å². The number of carbonyl (C=O) groups is 3. The van der Waals surface area contributed by atoms with Gasteiger partial charge in [-0.15, -0.1) is 10.2 Å². The molecule has 1 aliphatic rings. The SMILES string of the molecule is COCCCNC(=O)C1CCN(C(=O)c2nnc(C(=O)Nc3cccc(Cl)c3)s2)CC1. The molecule has 3 amide bonds. The largest absolute Gasteiger partial charge is 0.385 e. The number of nitrogens with zero attached hydrogens (tertiary/aromatic N) is 3. The standard InChI is InChI=1S/C20H24ClN5O4S/c1-30-11-3-8-22-16(27)13-6-9-26(10-7-13)20(29)19-25-24-18(31-19)17(28)23-15-5-2-4-14(21)12-15/h2,4-5,12-13H,3,6-11H2,1H3,(H,22,27)(H,23,28). The summed E-state index contributed by atoms with van der Waals surface area (Å²) in [6, 6.07) is 6.74. The van der Waals surface area contributed by atoms with E-state index in [2.05, 4.69) is 20.8 Å². The average molecular weight is 466 g/mol. The minimum Gasteiger partial charge on any atom is -0.385 e. The second-order valence-electron chi connectivity index (χ2n) is 7.08. The van der Waals surface area contributed by atoms with Crippen molar-refractivity contribution >= 4 is 46.3 Å². The summed E-state index contributed by atoms with van der Waals surface area (Å²) in [7, 11) is 1.63. The van der Waals surface area contributed by atoms with Gasteiger partial charge in [0, 0.05) is 50.0 Å². The van der Waals surface area contributed by atoms with Crippen LogP contribution in [0.3, 0.4) is 0 Å². The smallest absolute Gasteiger partial charge is 0.286 e. The topological polar surface area (TPSA) is 114 Å². The first-order valence-electron chi connectivity index (χ1n) is 9.94. The highest BCUT2D eigenvalue weighted by molar-refractivity contribution is 7.15. The van der Waals surface area contributed by atoms with Crippen molar-refractivity contribution in [3.8, 4) is 0 Å². The number of rotatable bonds is 8. The third kappa shape index (κ3) is 6.46. The molecule has 9 nitrogen and oxygen atoms in total. The van der Waals surface area contributed by atoms with E-state index >= 15 is 0 Å². The number of amides is 3. The van der Waals surface area contributed by atoms with Crippen molar-refractivity contribution in [2.45, 2.75) is 19.3 Å². The lowest BCUT2D eigenvalue weighted by Crippen LogP contribution is -2.43. The molecule has 0 radical (unpaired) electrons. The van der Waals surface area contributed by atoms with Gasteiger partial charge in [0.05, 0.1) is 0 Å². The van der Waals surface area contributed by atoms with Gasteiger partial charge in [-0.3, -0.25) is 14.4 Å². The second kappa shape index (κ2) is 11.2. The number of hydrogen-bond donors (Lipinski definition) is 2. The van der Waals surface area contributed by atoms with Crippen LogP contribution in [-0.4, -0.2) is 66.2 Å². The Morgan fingerprint density at radius 2 is 1.97 bits per heavy atom. The first kappa shape index (κ1) is 23.1. The van der Waals surface area contributed by atoms with Crippen LogP contribution in [0, 0.1) is 5.92 Å². The maximum absolute atomic E-state index is 12.7. The molecule has 0 aliphatic carbocycles. The normalized spacial score (nSPS) is 14.3. The van der Waals surface area contributed by atoms with E-state index in [0.29, 0.717) is 49.8 Å². The number of anilines is 1. The molecule has 0 atom stereocenters. The number of ether oxygens (including phenoxy) is 1. The van der Waals surface area contributed by atoms with Crippen LogP contribution >= 0.6 is 22.9 Å². The molecule has 0 spiro atoms. The molecule has 1 aromatic carbocycles. The second-order valence-corrected chi connectivity index (χ2v) is 8.49. The number of nitrogens with one attached hydrogen (secondary N) is 2. The van der Waals surface area contributed by atoms with E-state index in [9.17, 15) is 14.4 Å². The number of hydrogen-bond acceptors (Lipinski definition) is 7. The summed E-state index contributed by atoms with van der Waals surface area (Å²) in [5.41, 5.74) is 0.531. The summed E-state index contributed by atoms with van der Waals surface area (Å²) in [6.07, 6.45) is 1.94. The van der Waals surface area contributed by atoms with Crippen LogP contribution in [0.5, 0.6) is 0 Å². The van der Waals surface area contributed by atoms with Crippen LogP contribution in [0.25, 0.3) is 0 Å². The maximum Gasteiger partial charge on any atom is 0.286 e. The summed E-state index contributed by atoms with van der Waals surface area (Å²) in [4.78, 5) is 39.0. The predicted molar refractivity (Wildman–Crippen MR) is 117 cm³/mol. The Labute approximate surface area is 189 Å². The number of likely N-dealkylation sites (tertiary alicyclic amines) is 1. The molecule has 1 aromatic heterocycles. The Morgan fingerprint density at radius 3 is 2.68 bits per heavy atom.